The Morgan fingerprint density at radius 3 is 2.41 bits per heavy atom. The quantitative estimate of drug-likeness (QED) is 0.344. The fraction of sp³-hybridized carbons (Fsp3) is 0.357. The molecule has 5 N–H and O–H groups in total. The standard InChI is InChI=1S/C28H33N5O5S/c1-3-38-19-15-13-17(14-16-19)24(27(35)31-18-9-5-4-6-10-18)33(20-11-7-8-12-21(20)37-2)28(36)25-22(29)23(26(30)34)32-39-25/h7-8,11-16,18,24H,3-6,9-10,29H2,1-2H3,(H2,30,34)(H,31,35)/t24-/m1/s1. The van der Waals surface area contributed by atoms with E-state index in [9.17, 15) is 14.4 Å². The molecule has 3 amide bonds. The lowest BCUT2D eigenvalue weighted by atomic mass is 9.94. The molecule has 0 unspecified atom stereocenters. The SMILES string of the molecule is CCOc1ccc([C@H](C(=O)NC2CCCCC2)N(C(=O)c2snc(C(N)=O)c2N)c2ccccc2OC)cc1. The van der Waals surface area contributed by atoms with Gasteiger partial charge in [-0.3, -0.25) is 19.3 Å². The molecular formula is C28H33N5O5S. The third-order valence-corrected chi connectivity index (χ3v) is 7.54. The van der Waals surface area contributed by atoms with Crippen molar-refractivity contribution in [1.82, 2.24) is 9.69 Å². The molecule has 0 saturated heterocycles. The second-order valence-electron chi connectivity index (χ2n) is 9.23. The average Bonchev–Trinajstić information content (AvgIpc) is 3.34. The minimum absolute atomic E-state index is 0.000932. The second kappa shape index (κ2) is 12.6. The summed E-state index contributed by atoms with van der Waals surface area (Å²) in [5.41, 5.74) is 12.2. The van der Waals surface area contributed by atoms with Gasteiger partial charge in [0.05, 0.1) is 25.1 Å². The van der Waals surface area contributed by atoms with Crippen molar-refractivity contribution in [3.63, 3.8) is 0 Å². The number of para-hydroxylation sites is 2. The lowest BCUT2D eigenvalue weighted by Gasteiger charge is -2.34. The number of amides is 3. The van der Waals surface area contributed by atoms with E-state index in [1.54, 1.807) is 48.5 Å². The fourth-order valence-corrected chi connectivity index (χ4v) is 5.53. The van der Waals surface area contributed by atoms with Crippen LogP contribution in [0.2, 0.25) is 0 Å². The number of anilines is 2. The number of nitrogens with one attached hydrogen (secondary N) is 1. The Morgan fingerprint density at radius 1 is 1.10 bits per heavy atom. The molecule has 1 atom stereocenters. The number of carbonyl (C=O) groups excluding carboxylic acids is 3. The highest BCUT2D eigenvalue weighted by atomic mass is 32.1. The van der Waals surface area contributed by atoms with Gasteiger partial charge in [0, 0.05) is 6.04 Å². The summed E-state index contributed by atoms with van der Waals surface area (Å²) >= 11 is 0.759. The summed E-state index contributed by atoms with van der Waals surface area (Å²) in [7, 11) is 1.49. The predicted octanol–water partition coefficient (Wildman–Crippen LogP) is 4.07. The Kier molecular flexibility index (Phi) is 9.03. The molecule has 4 rings (SSSR count). The average molecular weight is 552 g/mol. The summed E-state index contributed by atoms with van der Waals surface area (Å²) in [6, 6.07) is 12.9. The van der Waals surface area contributed by atoms with E-state index in [2.05, 4.69) is 9.69 Å². The van der Waals surface area contributed by atoms with E-state index in [0.717, 1.165) is 43.6 Å². The molecule has 1 aliphatic carbocycles. The summed E-state index contributed by atoms with van der Waals surface area (Å²) < 4.78 is 15.2. The minimum Gasteiger partial charge on any atom is -0.495 e. The fourth-order valence-electron chi connectivity index (χ4n) is 4.79. The molecule has 0 bridgehead atoms. The number of hydrogen-bond donors (Lipinski definition) is 3. The van der Waals surface area contributed by atoms with Crippen LogP contribution in [0.15, 0.2) is 48.5 Å². The van der Waals surface area contributed by atoms with Crippen molar-refractivity contribution in [2.75, 3.05) is 24.4 Å². The summed E-state index contributed by atoms with van der Waals surface area (Å²) in [4.78, 5) is 41.5. The van der Waals surface area contributed by atoms with Crippen LogP contribution >= 0.6 is 11.5 Å². The molecule has 1 heterocycles. The minimum atomic E-state index is -1.09. The number of nitrogen functional groups attached to an aromatic ring is 1. The summed E-state index contributed by atoms with van der Waals surface area (Å²) in [6.45, 7) is 2.37. The van der Waals surface area contributed by atoms with E-state index in [-0.39, 0.29) is 28.2 Å². The Hall–Kier alpha value is -4.12. The summed E-state index contributed by atoms with van der Waals surface area (Å²) in [5, 5.41) is 3.17. The Bertz CT molecular complexity index is 1320. The van der Waals surface area contributed by atoms with Crippen LogP contribution in [-0.2, 0) is 4.79 Å². The number of carbonyl (C=O) groups is 3. The van der Waals surface area contributed by atoms with Crippen molar-refractivity contribution in [1.29, 1.82) is 0 Å². The van der Waals surface area contributed by atoms with Crippen molar-refractivity contribution >= 4 is 40.6 Å². The van der Waals surface area contributed by atoms with E-state index in [1.165, 1.54) is 12.0 Å². The second-order valence-corrected chi connectivity index (χ2v) is 10.0. The van der Waals surface area contributed by atoms with E-state index >= 15 is 0 Å². The highest BCUT2D eigenvalue weighted by molar-refractivity contribution is 7.09. The third-order valence-electron chi connectivity index (χ3n) is 6.68. The van der Waals surface area contributed by atoms with Crippen LogP contribution in [0.4, 0.5) is 11.4 Å². The number of ether oxygens (including phenoxy) is 2. The highest BCUT2D eigenvalue weighted by Gasteiger charge is 2.38. The molecule has 1 aromatic heterocycles. The van der Waals surface area contributed by atoms with Crippen molar-refractivity contribution in [3.05, 3.63) is 64.7 Å². The highest BCUT2D eigenvalue weighted by Crippen LogP contribution is 2.38. The maximum Gasteiger partial charge on any atom is 0.273 e. The van der Waals surface area contributed by atoms with Crippen molar-refractivity contribution < 1.29 is 23.9 Å². The van der Waals surface area contributed by atoms with Gasteiger partial charge in [0.2, 0.25) is 5.91 Å². The zero-order valence-corrected chi connectivity index (χ0v) is 22.8. The van der Waals surface area contributed by atoms with Crippen LogP contribution in [0.25, 0.3) is 0 Å². The van der Waals surface area contributed by atoms with E-state index in [0.29, 0.717) is 29.4 Å². The van der Waals surface area contributed by atoms with Crippen molar-refractivity contribution in [2.24, 2.45) is 5.73 Å². The van der Waals surface area contributed by atoms with Crippen LogP contribution < -0.4 is 31.2 Å². The van der Waals surface area contributed by atoms with Gasteiger partial charge in [0.25, 0.3) is 11.8 Å². The molecule has 0 radical (unpaired) electrons. The molecule has 1 fully saturated rings. The molecule has 206 valence electrons. The zero-order chi connectivity index (χ0) is 27.9. The van der Waals surface area contributed by atoms with Crippen molar-refractivity contribution in [2.45, 2.75) is 51.1 Å². The Labute approximate surface area is 231 Å². The van der Waals surface area contributed by atoms with Gasteiger partial charge in [-0.25, -0.2) is 0 Å². The smallest absolute Gasteiger partial charge is 0.273 e. The molecule has 10 nitrogen and oxygen atoms in total. The number of primary amides is 1. The monoisotopic (exact) mass is 551 g/mol. The molecular weight excluding hydrogens is 518 g/mol. The number of benzene rings is 2. The van der Waals surface area contributed by atoms with Gasteiger partial charge in [-0.2, -0.15) is 4.37 Å². The largest absolute Gasteiger partial charge is 0.495 e. The topological polar surface area (TPSA) is 150 Å². The lowest BCUT2D eigenvalue weighted by Crippen LogP contribution is -2.47. The maximum absolute atomic E-state index is 14.3. The summed E-state index contributed by atoms with van der Waals surface area (Å²) in [6.07, 6.45) is 4.93. The molecule has 3 aromatic rings. The van der Waals surface area contributed by atoms with Gasteiger partial charge in [-0.15, -0.1) is 0 Å². The Balaban J connectivity index is 1.86. The molecule has 0 aliphatic heterocycles. The molecule has 11 heteroatoms. The number of aromatic nitrogens is 1. The first-order valence-electron chi connectivity index (χ1n) is 12.9. The van der Waals surface area contributed by atoms with Gasteiger partial charge in [-0.05, 0) is 61.1 Å². The van der Waals surface area contributed by atoms with Gasteiger partial charge in [0.1, 0.15) is 22.4 Å². The number of methoxy groups -OCH3 is 1. The molecule has 1 aliphatic rings. The van der Waals surface area contributed by atoms with E-state index < -0.39 is 17.9 Å². The Morgan fingerprint density at radius 2 is 1.79 bits per heavy atom. The van der Waals surface area contributed by atoms with Gasteiger partial charge < -0.3 is 26.3 Å². The number of rotatable bonds is 10. The van der Waals surface area contributed by atoms with E-state index in [1.807, 2.05) is 6.92 Å². The zero-order valence-electron chi connectivity index (χ0n) is 22.0. The van der Waals surface area contributed by atoms with Gasteiger partial charge in [-0.1, -0.05) is 43.5 Å². The van der Waals surface area contributed by atoms with Crippen LogP contribution in [0.3, 0.4) is 0 Å². The first kappa shape index (κ1) is 27.9. The molecule has 0 spiro atoms. The number of nitrogens with two attached hydrogens (primary N) is 2. The molecule has 1 saturated carbocycles. The summed E-state index contributed by atoms with van der Waals surface area (Å²) in [5.74, 6) is -0.779. The first-order chi connectivity index (χ1) is 18.8. The van der Waals surface area contributed by atoms with Crippen LogP contribution in [0, 0.1) is 0 Å². The van der Waals surface area contributed by atoms with Crippen molar-refractivity contribution in [3.8, 4) is 11.5 Å². The van der Waals surface area contributed by atoms with Crippen LogP contribution in [0.1, 0.15) is 70.8 Å². The first-order valence-corrected chi connectivity index (χ1v) is 13.7. The predicted molar refractivity (Wildman–Crippen MR) is 150 cm³/mol. The maximum atomic E-state index is 14.3. The third kappa shape index (κ3) is 6.14. The van der Waals surface area contributed by atoms with Gasteiger partial charge in [0.15, 0.2) is 5.69 Å². The normalized spacial score (nSPS) is 14.3. The molecule has 2 aromatic carbocycles. The number of nitrogens with zero attached hydrogens (tertiary/aromatic N) is 2. The van der Waals surface area contributed by atoms with Gasteiger partial charge >= 0.3 is 0 Å². The van der Waals surface area contributed by atoms with E-state index in [4.69, 9.17) is 20.9 Å². The number of hydrogen-bond acceptors (Lipinski definition) is 8. The lowest BCUT2D eigenvalue weighted by molar-refractivity contribution is -0.123. The molecule has 39 heavy (non-hydrogen) atoms. The van der Waals surface area contributed by atoms with Crippen LogP contribution in [-0.4, -0.2) is 41.9 Å². The van der Waals surface area contributed by atoms with Crippen LogP contribution in [0.5, 0.6) is 11.5 Å².